The summed E-state index contributed by atoms with van der Waals surface area (Å²) in [4.78, 5) is 29.4. The summed E-state index contributed by atoms with van der Waals surface area (Å²) in [5, 5.41) is 0. The van der Waals surface area contributed by atoms with Crippen LogP contribution in [0.25, 0.3) is 0 Å². The summed E-state index contributed by atoms with van der Waals surface area (Å²) in [6.45, 7) is 5.99. The molecule has 1 fully saturated rings. The molecule has 8 heteroatoms. The van der Waals surface area contributed by atoms with Crippen LogP contribution in [0.2, 0.25) is 0 Å². The van der Waals surface area contributed by atoms with Crippen LogP contribution in [0.5, 0.6) is 0 Å². The maximum Gasteiger partial charge on any atom is 0.248 e. The molecule has 1 atom stereocenters. The van der Waals surface area contributed by atoms with E-state index in [-0.39, 0.29) is 18.6 Å². The van der Waals surface area contributed by atoms with Crippen molar-refractivity contribution < 1.29 is 9.53 Å². The Morgan fingerprint density at radius 1 is 1.15 bits per heavy atom. The van der Waals surface area contributed by atoms with Gasteiger partial charge in [-0.05, 0) is 25.8 Å². The molecule has 2 aromatic heterocycles. The zero-order valence-corrected chi connectivity index (χ0v) is 15.0. The van der Waals surface area contributed by atoms with Crippen LogP contribution in [-0.2, 0) is 22.7 Å². The van der Waals surface area contributed by atoms with E-state index in [1.54, 1.807) is 12.4 Å². The fourth-order valence-electron chi connectivity index (χ4n) is 3.69. The maximum atomic E-state index is 12.1. The van der Waals surface area contributed by atoms with Crippen molar-refractivity contribution in [2.45, 2.75) is 39.0 Å². The van der Waals surface area contributed by atoms with Gasteiger partial charge in [-0.3, -0.25) is 4.79 Å². The van der Waals surface area contributed by atoms with Gasteiger partial charge in [0, 0.05) is 38.6 Å². The van der Waals surface area contributed by atoms with Gasteiger partial charge in [0.05, 0.1) is 24.5 Å². The third-order valence-corrected chi connectivity index (χ3v) is 5.12. The molecule has 0 bridgehead atoms. The number of likely N-dealkylation sites (tertiary alicyclic amines) is 1. The molecule has 0 N–H and O–H groups in total. The Labute approximate surface area is 152 Å². The van der Waals surface area contributed by atoms with E-state index in [4.69, 9.17) is 4.74 Å². The van der Waals surface area contributed by atoms with Gasteiger partial charge in [0.25, 0.3) is 0 Å². The molecule has 0 aromatic carbocycles. The SMILES string of the molecule is CC1c2ncc(COCC(=O)N3CCCC3)n2CCN1c1ncccn1. The lowest BCUT2D eigenvalue weighted by atomic mass is 10.2. The van der Waals surface area contributed by atoms with Crippen LogP contribution in [0, 0.1) is 0 Å². The van der Waals surface area contributed by atoms with Gasteiger partial charge in [-0.15, -0.1) is 0 Å². The van der Waals surface area contributed by atoms with Crippen LogP contribution in [0.3, 0.4) is 0 Å². The molecular formula is C18H24N6O2. The van der Waals surface area contributed by atoms with Crippen LogP contribution in [0.15, 0.2) is 24.7 Å². The second-order valence-electron chi connectivity index (χ2n) is 6.76. The number of carbonyl (C=O) groups is 1. The molecule has 0 aliphatic carbocycles. The molecule has 2 aromatic rings. The molecule has 1 saturated heterocycles. The van der Waals surface area contributed by atoms with E-state index in [2.05, 4.69) is 31.3 Å². The van der Waals surface area contributed by atoms with Crippen LogP contribution in [0.4, 0.5) is 5.95 Å². The zero-order valence-electron chi connectivity index (χ0n) is 15.0. The highest BCUT2D eigenvalue weighted by Crippen LogP contribution is 2.28. The Bertz CT molecular complexity index is 756. The van der Waals surface area contributed by atoms with Crippen LogP contribution < -0.4 is 4.90 Å². The predicted molar refractivity (Wildman–Crippen MR) is 95.5 cm³/mol. The molecule has 2 aliphatic heterocycles. The highest BCUT2D eigenvalue weighted by atomic mass is 16.5. The number of nitrogens with zero attached hydrogens (tertiary/aromatic N) is 6. The van der Waals surface area contributed by atoms with E-state index < -0.39 is 0 Å². The van der Waals surface area contributed by atoms with Gasteiger partial charge in [0.2, 0.25) is 11.9 Å². The standard InChI is InChI=1S/C18H24N6O2/c1-14-17-21-11-15(12-26-13-16(25)22-7-2-3-8-22)24(17)10-9-23(14)18-19-5-4-6-20-18/h4-6,11,14H,2-3,7-10,12-13H2,1H3. The number of ether oxygens (including phenoxy) is 1. The first-order valence-electron chi connectivity index (χ1n) is 9.17. The smallest absolute Gasteiger partial charge is 0.248 e. The first kappa shape index (κ1) is 17.0. The largest absolute Gasteiger partial charge is 0.365 e. The summed E-state index contributed by atoms with van der Waals surface area (Å²) >= 11 is 0. The number of aromatic nitrogens is 4. The van der Waals surface area contributed by atoms with Crippen molar-refractivity contribution in [1.29, 1.82) is 0 Å². The second kappa shape index (κ2) is 7.41. The van der Waals surface area contributed by atoms with E-state index in [0.717, 1.165) is 56.5 Å². The fourth-order valence-corrected chi connectivity index (χ4v) is 3.69. The van der Waals surface area contributed by atoms with Gasteiger partial charge in [0.15, 0.2) is 0 Å². The van der Waals surface area contributed by atoms with Crippen molar-refractivity contribution >= 4 is 11.9 Å². The summed E-state index contributed by atoms with van der Waals surface area (Å²) in [6, 6.07) is 1.91. The molecule has 8 nitrogen and oxygen atoms in total. The highest BCUT2D eigenvalue weighted by Gasteiger charge is 2.28. The zero-order chi connectivity index (χ0) is 17.9. The summed E-state index contributed by atoms with van der Waals surface area (Å²) in [5.41, 5.74) is 1.01. The van der Waals surface area contributed by atoms with E-state index in [9.17, 15) is 4.79 Å². The average Bonchev–Trinajstić information content (AvgIpc) is 3.33. The molecule has 26 heavy (non-hydrogen) atoms. The summed E-state index contributed by atoms with van der Waals surface area (Å²) < 4.78 is 7.86. The molecule has 2 aliphatic rings. The van der Waals surface area contributed by atoms with Crippen LogP contribution >= 0.6 is 0 Å². The van der Waals surface area contributed by atoms with Crippen molar-refractivity contribution in [1.82, 2.24) is 24.4 Å². The van der Waals surface area contributed by atoms with E-state index in [0.29, 0.717) is 6.61 Å². The number of rotatable bonds is 5. The molecular weight excluding hydrogens is 332 g/mol. The van der Waals surface area contributed by atoms with Crippen molar-refractivity contribution in [2.24, 2.45) is 0 Å². The summed E-state index contributed by atoms with van der Waals surface area (Å²) in [5.74, 6) is 1.79. The highest BCUT2D eigenvalue weighted by molar-refractivity contribution is 5.77. The first-order chi connectivity index (χ1) is 12.7. The molecule has 1 unspecified atom stereocenters. The Morgan fingerprint density at radius 2 is 1.92 bits per heavy atom. The molecule has 138 valence electrons. The van der Waals surface area contributed by atoms with Gasteiger partial charge >= 0.3 is 0 Å². The average molecular weight is 356 g/mol. The minimum absolute atomic E-state index is 0.0849. The Hall–Kier alpha value is -2.48. The normalized spacial score (nSPS) is 19.7. The number of imidazole rings is 1. The lowest BCUT2D eigenvalue weighted by Crippen LogP contribution is -2.38. The van der Waals surface area contributed by atoms with Gasteiger partial charge in [0.1, 0.15) is 12.4 Å². The first-order valence-corrected chi connectivity index (χ1v) is 9.17. The van der Waals surface area contributed by atoms with E-state index >= 15 is 0 Å². The van der Waals surface area contributed by atoms with E-state index in [1.807, 2.05) is 17.2 Å². The van der Waals surface area contributed by atoms with Crippen molar-refractivity contribution in [3.63, 3.8) is 0 Å². The van der Waals surface area contributed by atoms with Crippen molar-refractivity contribution in [2.75, 3.05) is 31.1 Å². The topological polar surface area (TPSA) is 76.4 Å². The fraction of sp³-hybridized carbons (Fsp3) is 0.556. The number of amides is 1. The second-order valence-corrected chi connectivity index (χ2v) is 6.76. The van der Waals surface area contributed by atoms with Gasteiger partial charge in [-0.25, -0.2) is 15.0 Å². The van der Waals surface area contributed by atoms with Crippen molar-refractivity contribution in [3.8, 4) is 0 Å². The summed E-state index contributed by atoms with van der Waals surface area (Å²) in [6.07, 6.45) is 7.56. The Balaban J connectivity index is 1.38. The third kappa shape index (κ3) is 3.29. The van der Waals surface area contributed by atoms with Crippen LogP contribution in [-0.4, -0.2) is 56.6 Å². The number of hydrogen-bond donors (Lipinski definition) is 0. The van der Waals surface area contributed by atoms with Gasteiger partial charge < -0.3 is 19.1 Å². The van der Waals surface area contributed by atoms with Gasteiger partial charge in [-0.1, -0.05) is 0 Å². The van der Waals surface area contributed by atoms with E-state index in [1.165, 1.54) is 0 Å². The lowest BCUT2D eigenvalue weighted by Gasteiger charge is -2.34. The molecule has 4 heterocycles. The molecule has 0 radical (unpaired) electrons. The molecule has 0 spiro atoms. The minimum atomic E-state index is 0.0849. The number of anilines is 1. The number of carbonyl (C=O) groups excluding carboxylic acids is 1. The lowest BCUT2D eigenvalue weighted by molar-refractivity contribution is -0.135. The molecule has 4 rings (SSSR count). The number of fused-ring (bicyclic) bond motifs is 1. The molecule has 0 saturated carbocycles. The number of hydrogen-bond acceptors (Lipinski definition) is 6. The molecule has 1 amide bonds. The van der Waals surface area contributed by atoms with Gasteiger partial charge in [-0.2, -0.15) is 0 Å². The summed E-state index contributed by atoms with van der Waals surface area (Å²) in [7, 11) is 0. The van der Waals surface area contributed by atoms with Crippen molar-refractivity contribution in [3.05, 3.63) is 36.2 Å². The van der Waals surface area contributed by atoms with Crippen LogP contribution in [0.1, 0.15) is 37.3 Å². The monoisotopic (exact) mass is 356 g/mol. The minimum Gasteiger partial charge on any atom is -0.365 e. The Kier molecular flexibility index (Phi) is 4.83. The predicted octanol–water partition coefficient (Wildman–Crippen LogP) is 1.39. The Morgan fingerprint density at radius 3 is 2.69 bits per heavy atom. The quantitative estimate of drug-likeness (QED) is 0.806. The maximum absolute atomic E-state index is 12.1. The third-order valence-electron chi connectivity index (χ3n) is 5.12.